The van der Waals surface area contributed by atoms with E-state index < -0.39 is 12.6 Å². The maximum absolute atomic E-state index is 11.9. The number of amides is 1. The topological polar surface area (TPSA) is 32.3 Å². The fraction of sp³-hybridized carbons (Fsp3) is 0.875. The first-order valence-corrected chi connectivity index (χ1v) is 4.47. The molecule has 1 fully saturated rings. The predicted octanol–water partition coefficient (Wildman–Crippen LogP) is 0.759. The molecule has 0 aromatic rings. The van der Waals surface area contributed by atoms with Crippen LogP contribution in [-0.2, 0) is 4.79 Å². The van der Waals surface area contributed by atoms with E-state index >= 15 is 0 Å². The third kappa shape index (κ3) is 2.87. The number of likely N-dealkylation sites (N-methyl/N-ethyl adjacent to an activating group) is 1. The largest absolute Gasteiger partial charge is 0.390 e. The number of hydrogen-bond acceptors (Lipinski definition) is 2. The molecule has 1 rings (SSSR count). The number of nitrogens with one attached hydrogen (secondary N) is 1. The number of nitrogens with zero attached hydrogens (tertiary/aromatic N) is 1. The van der Waals surface area contributed by atoms with E-state index in [2.05, 4.69) is 5.32 Å². The standard InChI is InChI=1S/C8H13F3N2O/c1-12-6-2-4-13(7(6)14)5-3-8(9,10)11/h6,12H,2-5H2,1H3. The smallest absolute Gasteiger partial charge is 0.341 e. The highest BCUT2D eigenvalue weighted by Gasteiger charge is 2.34. The summed E-state index contributed by atoms with van der Waals surface area (Å²) in [5.41, 5.74) is 0. The van der Waals surface area contributed by atoms with E-state index in [1.807, 2.05) is 0 Å². The van der Waals surface area contributed by atoms with Gasteiger partial charge < -0.3 is 10.2 Å². The van der Waals surface area contributed by atoms with Crippen molar-refractivity contribution in [1.82, 2.24) is 10.2 Å². The maximum atomic E-state index is 11.9. The third-order valence-electron chi connectivity index (χ3n) is 2.31. The molecular weight excluding hydrogens is 197 g/mol. The van der Waals surface area contributed by atoms with Crippen LogP contribution in [0.3, 0.4) is 0 Å². The van der Waals surface area contributed by atoms with Gasteiger partial charge in [0.25, 0.3) is 0 Å². The number of likely N-dealkylation sites (tertiary alicyclic amines) is 1. The molecule has 1 atom stereocenters. The lowest BCUT2D eigenvalue weighted by atomic mass is 10.3. The zero-order valence-electron chi connectivity index (χ0n) is 7.90. The SMILES string of the molecule is CNC1CCN(CCC(F)(F)F)C1=O. The molecule has 0 radical (unpaired) electrons. The van der Waals surface area contributed by atoms with Crippen molar-refractivity contribution in [2.45, 2.75) is 25.1 Å². The van der Waals surface area contributed by atoms with Crippen LogP contribution in [0.2, 0.25) is 0 Å². The van der Waals surface area contributed by atoms with Crippen molar-refractivity contribution < 1.29 is 18.0 Å². The monoisotopic (exact) mass is 210 g/mol. The van der Waals surface area contributed by atoms with Crippen molar-refractivity contribution in [3.05, 3.63) is 0 Å². The van der Waals surface area contributed by atoms with Gasteiger partial charge in [-0.25, -0.2) is 0 Å². The second kappa shape index (κ2) is 4.16. The quantitative estimate of drug-likeness (QED) is 0.745. The summed E-state index contributed by atoms with van der Waals surface area (Å²) >= 11 is 0. The average molecular weight is 210 g/mol. The van der Waals surface area contributed by atoms with Crippen LogP contribution in [0.15, 0.2) is 0 Å². The van der Waals surface area contributed by atoms with Gasteiger partial charge in [0, 0.05) is 13.1 Å². The Morgan fingerprint density at radius 3 is 2.64 bits per heavy atom. The van der Waals surface area contributed by atoms with E-state index in [9.17, 15) is 18.0 Å². The van der Waals surface area contributed by atoms with Gasteiger partial charge in [0.1, 0.15) is 0 Å². The molecule has 1 N–H and O–H groups in total. The second-order valence-corrected chi connectivity index (χ2v) is 3.32. The maximum Gasteiger partial charge on any atom is 0.390 e. The third-order valence-corrected chi connectivity index (χ3v) is 2.31. The van der Waals surface area contributed by atoms with Gasteiger partial charge in [-0.05, 0) is 13.5 Å². The molecule has 14 heavy (non-hydrogen) atoms. The van der Waals surface area contributed by atoms with Gasteiger partial charge in [0.05, 0.1) is 12.5 Å². The van der Waals surface area contributed by atoms with Crippen molar-refractivity contribution in [3.8, 4) is 0 Å². The Balaban J connectivity index is 2.37. The van der Waals surface area contributed by atoms with E-state index in [4.69, 9.17) is 0 Å². The number of rotatable bonds is 3. The van der Waals surface area contributed by atoms with Gasteiger partial charge in [0.2, 0.25) is 5.91 Å². The summed E-state index contributed by atoms with van der Waals surface area (Å²) in [5.74, 6) is -0.225. The van der Waals surface area contributed by atoms with Gasteiger partial charge in [-0.3, -0.25) is 4.79 Å². The van der Waals surface area contributed by atoms with E-state index in [0.29, 0.717) is 13.0 Å². The van der Waals surface area contributed by atoms with Crippen molar-refractivity contribution in [2.24, 2.45) is 0 Å². The summed E-state index contributed by atoms with van der Waals surface area (Å²) in [6.45, 7) is 0.195. The average Bonchev–Trinajstić information content (AvgIpc) is 2.42. The van der Waals surface area contributed by atoms with Crippen LogP contribution in [0.1, 0.15) is 12.8 Å². The lowest BCUT2D eigenvalue weighted by Gasteiger charge is -2.17. The highest BCUT2D eigenvalue weighted by molar-refractivity contribution is 5.83. The molecule has 6 heteroatoms. The Morgan fingerprint density at radius 1 is 1.57 bits per heavy atom. The highest BCUT2D eigenvalue weighted by Crippen LogP contribution is 2.21. The number of carbonyl (C=O) groups is 1. The van der Waals surface area contributed by atoms with Crippen molar-refractivity contribution in [1.29, 1.82) is 0 Å². The molecule has 0 aliphatic carbocycles. The molecule has 0 bridgehead atoms. The van der Waals surface area contributed by atoms with Gasteiger partial charge in [-0.1, -0.05) is 0 Å². The van der Waals surface area contributed by atoms with Gasteiger partial charge in [-0.15, -0.1) is 0 Å². The van der Waals surface area contributed by atoms with Crippen molar-refractivity contribution in [2.75, 3.05) is 20.1 Å². The molecule has 0 aromatic carbocycles. The number of carbonyl (C=O) groups excluding carboxylic acids is 1. The fourth-order valence-corrected chi connectivity index (χ4v) is 1.49. The molecule has 3 nitrogen and oxygen atoms in total. The summed E-state index contributed by atoms with van der Waals surface area (Å²) in [5, 5.41) is 2.77. The van der Waals surface area contributed by atoms with Gasteiger partial charge in [0.15, 0.2) is 0 Å². The number of halogens is 3. The van der Waals surface area contributed by atoms with E-state index in [-0.39, 0.29) is 18.5 Å². The minimum atomic E-state index is -4.18. The van der Waals surface area contributed by atoms with Crippen LogP contribution in [-0.4, -0.2) is 43.2 Å². The minimum absolute atomic E-state index is 0.222. The first kappa shape index (κ1) is 11.3. The normalized spacial score (nSPS) is 23.3. The lowest BCUT2D eigenvalue weighted by molar-refractivity contribution is -0.143. The molecule has 1 unspecified atom stereocenters. The zero-order valence-corrected chi connectivity index (χ0v) is 7.90. The van der Waals surface area contributed by atoms with Crippen LogP contribution >= 0.6 is 0 Å². The zero-order chi connectivity index (χ0) is 10.8. The molecule has 1 aliphatic heterocycles. The summed E-state index contributed by atoms with van der Waals surface area (Å²) in [6, 6.07) is -0.303. The molecule has 0 aromatic heterocycles. The Bertz CT molecular complexity index is 217. The van der Waals surface area contributed by atoms with Crippen LogP contribution < -0.4 is 5.32 Å². The lowest BCUT2D eigenvalue weighted by Crippen LogP contribution is -2.37. The summed E-state index contributed by atoms with van der Waals surface area (Å²) in [6.07, 6.45) is -4.51. The van der Waals surface area contributed by atoms with Crippen LogP contribution in [0.25, 0.3) is 0 Å². The Labute approximate surface area is 80.3 Å². The van der Waals surface area contributed by atoms with E-state index in [1.54, 1.807) is 7.05 Å². The number of hydrogen-bond donors (Lipinski definition) is 1. The summed E-state index contributed by atoms with van der Waals surface area (Å²) in [7, 11) is 1.63. The van der Waals surface area contributed by atoms with E-state index in [1.165, 1.54) is 4.90 Å². The Morgan fingerprint density at radius 2 is 2.21 bits per heavy atom. The van der Waals surface area contributed by atoms with E-state index in [0.717, 1.165) is 0 Å². The minimum Gasteiger partial charge on any atom is -0.341 e. The van der Waals surface area contributed by atoms with Crippen LogP contribution in [0.5, 0.6) is 0 Å². The predicted molar refractivity (Wildman–Crippen MR) is 44.7 cm³/mol. The highest BCUT2D eigenvalue weighted by atomic mass is 19.4. The molecular formula is C8H13F3N2O. The fourth-order valence-electron chi connectivity index (χ4n) is 1.49. The second-order valence-electron chi connectivity index (χ2n) is 3.32. The summed E-state index contributed by atoms with van der Waals surface area (Å²) < 4.78 is 35.6. The number of alkyl halides is 3. The van der Waals surface area contributed by atoms with Crippen LogP contribution in [0, 0.1) is 0 Å². The van der Waals surface area contributed by atoms with Crippen molar-refractivity contribution >= 4 is 5.91 Å². The van der Waals surface area contributed by atoms with Crippen molar-refractivity contribution in [3.63, 3.8) is 0 Å². The molecule has 1 amide bonds. The molecule has 1 aliphatic rings. The summed E-state index contributed by atoms with van der Waals surface area (Å²) in [4.78, 5) is 12.6. The molecule has 0 spiro atoms. The molecule has 1 saturated heterocycles. The van der Waals surface area contributed by atoms with Gasteiger partial charge >= 0.3 is 6.18 Å². The first-order valence-electron chi connectivity index (χ1n) is 4.47. The first-order chi connectivity index (χ1) is 6.44. The molecule has 82 valence electrons. The molecule has 1 heterocycles. The van der Waals surface area contributed by atoms with Gasteiger partial charge in [-0.2, -0.15) is 13.2 Å². The van der Waals surface area contributed by atoms with Crippen LogP contribution in [0.4, 0.5) is 13.2 Å². The molecule has 0 saturated carbocycles. The Hall–Kier alpha value is -0.780. The Kier molecular flexibility index (Phi) is 3.36.